The van der Waals surface area contributed by atoms with E-state index in [1.807, 2.05) is 0 Å². The maximum absolute atomic E-state index is 11.0. The van der Waals surface area contributed by atoms with Crippen molar-refractivity contribution >= 4 is 5.97 Å². The first-order valence-corrected chi connectivity index (χ1v) is 4.93. The third-order valence-electron chi connectivity index (χ3n) is 2.03. The Morgan fingerprint density at radius 2 is 2.17 bits per heavy atom. The zero-order chi connectivity index (χ0) is 13.0. The van der Waals surface area contributed by atoms with Crippen LogP contribution < -0.4 is 9.47 Å². The van der Waals surface area contributed by atoms with Crippen LogP contribution in [0.4, 0.5) is 0 Å². The first-order chi connectivity index (χ1) is 8.70. The highest BCUT2D eigenvalue weighted by Crippen LogP contribution is 2.22. The van der Waals surface area contributed by atoms with Crippen LogP contribution in [0.5, 0.6) is 17.6 Å². The molecule has 2 heterocycles. The van der Waals surface area contributed by atoms with Crippen LogP contribution in [0.3, 0.4) is 0 Å². The van der Waals surface area contributed by atoms with E-state index in [4.69, 9.17) is 14.6 Å². The van der Waals surface area contributed by atoms with Gasteiger partial charge in [-0.3, -0.25) is 4.98 Å². The van der Waals surface area contributed by atoms with Gasteiger partial charge in [0, 0.05) is 18.5 Å². The molecule has 2 aromatic rings. The average Bonchev–Trinajstić information content (AvgIpc) is 2.39. The average molecular weight is 247 g/mol. The summed E-state index contributed by atoms with van der Waals surface area (Å²) in [5, 5.41) is 8.97. The minimum absolute atomic E-state index is 0.00940. The molecule has 0 saturated heterocycles. The van der Waals surface area contributed by atoms with Crippen LogP contribution in [0.1, 0.15) is 10.4 Å². The van der Waals surface area contributed by atoms with Gasteiger partial charge in [-0.15, -0.1) is 0 Å². The van der Waals surface area contributed by atoms with Crippen LogP contribution in [-0.4, -0.2) is 33.1 Å². The highest BCUT2D eigenvalue weighted by molar-refractivity contribution is 5.90. The second-order valence-electron chi connectivity index (χ2n) is 3.16. The Balaban J connectivity index is 2.31. The number of carbonyl (C=O) groups is 1. The molecule has 0 aliphatic heterocycles. The number of nitrogens with zero attached hydrogens (tertiary/aromatic N) is 3. The highest BCUT2D eigenvalue weighted by Gasteiger charge is 2.13. The first-order valence-electron chi connectivity index (χ1n) is 4.93. The molecule has 0 saturated carbocycles. The maximum Gasteiger partial charge on any atom is 0.339 e. The van der Waals surface area contributed by atoms with E-state index in [1.54, 1.807) is 6.07 Å². The monoisotopic (exact) mass is 247 g/mol. The van der Waals surface area contributed by atoms with Gasteiger partial charge < -0.3 is 14.6 Å². The van der Waals surface area contributed by atoms with Crippen molar-refractivity contribution in [3.63, 3.8) is 0 Å². The summed E-state index contributed by atoms with van der Waals surface area (Å²) in [6, 6.07) is 2.87. The molecule has 0 aliphatic carbocycles. The van der Waals surface area contributed by atoms with E-state index in [1.165, 1.54) is 31.8 Å². The van der Waals surface area contributed by atoms with E-state index < -0.39 is 5.97 Å². The number of hydrogen-bond acceptors (Lipinski definition) is 6. The van der Waals surface area contributed by atoms with Gasteiger partial charge >= 0.3 is 12.0 Å². The third kappa shape index (κ3) is 2.51. The van der Waals surface area contributed by atoms with E-state index in [-0.39, 0.29) is 17.3 Å². The number of carboxylic acids is 1. The second kappa shape index (κ2) is 5.09. The molecular weight excluding hydrogens is 238 g/mol. The van der Waals surface area contributed by atoms with Gasteiger partial charge in [-0.05, 0) is 6.07 Å². The summed E-state index contributed by atoms with van der Waals surface area (Å²) in [4.78, 5) is 22.5. The standard InChI is InChI=1S/C11H9N3O4/c1-17-9-3-5-13-11(14-9)18-8-6-12-4-2-7(8)10(15)16/h2-6H,1H3,(H,15,16). The number of ether oxygens (including phenoxy) is 2. The van der Waals surface area contributed by atoms with Crippen LogP contribution in [-0.2, 0) is 0 Å². The maximum atomic E-state index is 11.0. The van der Waals surface area contributed by atoms with Crippen molar-refractivity contribution in [2.45, 2.75) is 0 Å². The molecule has 92 valence electrons. The van der Waals surface area contributed by atoms with E-state index in [0.717, 1.165) is 0 Å². The Hall–Kier alpha value is -2.70. The predicted octanol–water partition coefficient (Wildman–Crippen LogP) is 1.37. The fourth-order valence-electron chi connectivity index (χ4n) is 1.22. The summed E-state index contributed by atoms with van der Waals surface area (Å²) < 4.78 is 10.2. The lowest BCUT2D eigenvalue weighted by molar-refractivity contribution is 0.0694. The van der Waals surface area contributed by atoms with E-state index in [0.29, 0.717) is 5.88 Å². The Kier molecular flexibility index (Phi) is 3.33. The smallest absolute Gasteiger partial charge is 0.339 e. The summed E-state index contributed by atoms with van der Waals surface area (Å²) >= 11 is 0. The number of aromatic carboxylic acids is 1. The number of aromatic nitrogens is 3. The molecule has 0 fully saturated rings. The van der Waals surface area contributed by atoms with E-state index >= 15 is 0 Å². The van der Waals surface area contributed by atoms with Crippen molar-refractivity contribution in [1.29, 1.82) is 0 Å². The van der Waals surface area contributed by atoms with Gasteiger partial charge in [-0.25, -0.2) is 9.78 Å². The zero-order valence-corrected chi connectivity index (χ0v) is 9.40. The summed E-state index contributed by atoms with van der Waals surface area (Å²) in [5.74, 6) is -0.727. The molecular formula is C11H9N3O4. The Bertz CT molecular complexity index is 574. The summed E-state index contributed by atoms with van der Waals surface area (Å²) in [6.07, 6.45) is 4.09. The topological polar surface area (TPSA) is 94.4 Å². The lowest BCUT2D eigenvalue weighted by atomic mass is 10.2. The van der Waals surface area contributed by atoms with E-state index in [2.05, 4.69) is 15.0 Å². The molecule has 0 bridgehead atoms. The Morgan fingerprint density at radius 3 is 2.89 bits per heavy atom. The minimum atomic E-state index is -1.12. The molecule has 0 amide bonds. The normalized spacial score (nSPS) is 9.83. The number of pyridine rings is 1. The fourth-order valence-corrected chi connectivity index (χ4v) is 1.22. The lowest BCUT2D eigenvalue weighted by Crippen LogP contribution is -2.02. The van der Waals surface area contributed by atoms with Gasteiger partial charge in [0.15, 0.2) is 5.75 Å². The van der Waals surface area contributed by atoms with Crippen molar-refractivity contribution in [2.24, 2.45) is 0 Å². The van der Waals surface area contributed by atoms with Gasteiger partial charge in [0.05, 0.1) is 13.3 Å². The Labute approximate surface area is 102 Å². The van der Waals surface area contributed by atoms with Gasteiger partial charge in [0.2, 0.25) is 5.88 Å². The van der Waals surface area contributed by atoms with Crippen molar-refractivity contribution < 1.29 is 19.4 Å². The van der Waals surface area contributed by atoms with Crippen molar-refractivity contribution in [3.8, 4) is 17.6 Å². The van der Waals surface area contributed by atoms with Crippen LogP contribution >= 0.6 is 0 Å². The molecule has 2 rings (SSSR count). The number of methoxy groups -OCH3 is 1. The number of rotatable bonds is 4. The summed E-state index contributed by atoms with van der Waals surface area (Å²) in [7, 11) is 1.46. The molecule has 7 heteroatoms. The van der Waals surface area contributed by atoms with Crippen LogP contribution in [0.15, 0.2) is 30.7 Å². The number of hydrogen-bond donors (Lipinski definition) is 1. The molecule has 0 atom stereocenters. The molecule has 18 heavy (non-hydrogen) atoms. The quantitative estimate of drug-likeness (QED) is 0.871. The minimum Gasteiger partial charge on any atom is -0.481 e. The molecule has 7 nitrogen and oxygen atoms in total. The van der Waals surface area contributed by atoms with Gasteiger partial charge in [0.1, 0.15) is 5.56 Å². The summed E-state index contributed by atoms with van der Waals surface area (Å²) in [6.45, 7) is 0. The molecule has 2 aromatic heterocycles. The molecule has 1 N–H and O–H groups in total. The molecule has 0 aromatic carbocycles. The largest absolute Gasteiger partial charge is 0.481 e. The predicted molar refractivity (Wildman–Crippen MR) is 59.9 cm³/mol. The van der Waals surface area contributed by atoms with Gasteiger partial charge in [-0.2, -0.15) is 4.98 Å². The summed E-state index contributed by atoms with van der Waals surface area (Å²) in [5.41, 5.74) is -0.0172. The van der Waals surface area contributed by atoms with E-state index in [9.17, 15) is 4.79 Å². The van der Waals surface area contributed by atoms with Crippen LogP contribution in [0, 0.1) is 0 Å². The second-order valence-corrected chi connectivity index (χ2v) is 3.16. The molecule has 0 spiro atoms. The van der Waals surface area contributed by atoms with Crippen molar-refractivity contribution in [3.05, 3.63) is 36.3 Å². The third-order valence-corrected chi connectivity index (χ3v) is 2.03. The fraction of sp³-hybridized carbons (Fsp3) is 0.0909. The molecule has 0 unspecified atom stereocenters. The van der Waals surface area contributed by atoms with Crippen LogP contribution in [0.2, 0.25) is 0 Å². The molecule has 0 radical (unpaired) electrons. The Morgan fingerprint density at radius 1 is 1.33 bits per heavy atom. The van der Waals surface area contributed by atoms with Gasteiger partial charge in [0.25, 0.3) is 0 Å². The lowest BCUT2D eigenvalue weighted by Gasteiger charge is -2.06. The number of carboxylic acid groups (broad SMARTS) is 1. The zero-order valence-electron chi connectivity index (χ0n) is 9.40. The first kappa shape index (κ1) is 11.8. The molecule has 0 aliphatic rings. The highest BCUT2D eigenvalue weighted by atomic mass is 16.5. The van der Waals surface area contributed by atoms with Gasteiger partial charge in [-0.1, -0.05) is 0 Å². The SMILES string of the molecule is COc1ccnc(Oc2cnccc2C(=O)O)n1. The van der Waals surface area contributed by atoms with Crippen LogP contribution in [0.25, 0.3) is 0 Å². The van der Waals surface area contributed by atoms with Crippen molar-refractivity contribution in [1.82, 2.24) is 15.0 Å². The van der Waals surface area contributed by atoms with Crippen molar-refractivity contribution in [2.75, 3.05) is 7.11 Å².